The standard InChI is InChI=1S/C13H22F3NO/c1-18-12-7-6-11(8-12)17-10-4-2-9(3-5-10)13(14,15)16/h9-12,17H,2-8H2,1H3. The van der Waals surface area contributed by atoms with Crippen molar-refractivity contribution in [3.05, 3.63) is 0 Å². The lowest BCUT2D eigenvalue weighted by Crippen LogP contribution is -2.41. The molecule has 2 unspecified atom stereocenters. The van der Waals surface area contributed by atoms with E-state index in [2.05, 4.69) is 5.32 Å². The molecule has 18 heavy (non-hydrogen) atoms. The van der Waals surface area contributed by atoms with Gasteiger partial charge in [-0.2, -0.15) is 13.2 Å². The van der Waals surface area contributed by atoms with Gasteiger partial charge < -0.3 is 10.1 Å². The van der Waals surface area contributed by atoms with Crippen LogP contribution in [0.25, 0.3) is 0 Å². The molecule has 2 aliphatic carbocycles. The minimum absolute atomic E-state index is 0.268. The van der Waals surface area contributed by atoms with E-state index in [1.54, 1.807) is 7.11 Å². The van der Waals surface area contributed by atoms with Crippen LogP contribution < -0.4 is 5.32 Å². The average molecular weight is 265 g/mol. The third kappa shape index (κ3) is 3.60. The van der Waals surface area contributed by atoms with E-state index in [0.29, 0.717) is 25.0 Å². The summed E-state index contributed by atoms with van der Waals surface area (Å²) >= 11 is 0. The maximum absolute atomic E-state index is 12.5. The molecule has 2 nitrogen and oxygen atoms in total. The van der Waals surface area contributed by atoms with Crippen LogP contribution >= 0.6 is 0 Å². The summed E-state index contributed by atoms with van der Waals surface area (Å²) in [6, 6.07) is 0.701. The molecule has 2 aliphatic rings. The summed E-state index contributed by atoms with van der Waals surface area (Å²) in [6.07, 6.45) is 1.33. The molecule has 0 aromatic rings. The summed E-state index contributed by atoms with van der Waals surface area (Å²) in [5.41, 5.74) is 0. The Morgan fingerprint density at radius 1 is 0.944 bits per heavy atom. The molecule has 2 rings (SSSR count). The highest BCUT2D eigenvalue weighted by Crippen LogP contribution is 2.37. The van der Waals surface area contributed by atoms with Crippen molar-refractivity contribution in [3.63, 3.8) is 0 Å². The Kier molecular flexibility index (Phi) is 4.54. The molecule has 0 amide bonds. The maximum Gasteiger partial charge on any atom is 0.391 e. The highest BCUT2D eigenvalue weighted by atomic mass is 19.4. The highest BCUT2D eigenvalue weighted by Gasteiger charge is 2.41. The minimum Gasteiger partial charge on any atom is -0.381 e. The molecule has 1 N–H and O–H groups in total. The molecule has 2 atom stereocenters. The van der Waals surface area contributed by atoms with Crippen LogP contribution in [0.1, 0.15) is 44.9 Å². The number of ether oxygens (including phenoxy) is 1. The Morgan fingerprint density at radius 2 is 1.56 bits per heavy atom. The quantitative estimate of drug-likeness (QED) is 0.845. The van der Waals surface area contributed by atoms with Gasteiger partial charge in [-0.1, -0.05) is 0 Å². The van der Waals surface area contributed by atoms with E-state index in [4.69, 9.17) is 4.74 Å². The van der Waals surface area contributed by atoms with Gasteiger partial charge in [-0.3, -0.25) is 0 Å². The summed E-state index contributed by atoms with van der Waals surface area (Å²) in [5.74, 6) is -1.08. The normalized spacial score (nSPS) is 38.0. The maximum atomic E-state index is 12.5. The topological polar surface area (TPSA) is 21.3 Å². The van der Waals surface area contributed by atoms with Crippen LogP contribution in [0.15, 0.2) is 0 Å². The van der Waals surface area contributed by atoms with Gasteiger partial charge in [-0.15, -0.1) is 0 Å². The number of rotatable bonds is 3. The molecule has 0 aliphatic heterocycles. The molecule has 2 saturated carbocycles. The summed E-state index contributed by atoms with van der Waals surface area (Å²) in [5, 5.41) is 3.51. The summed E-state index contributed by atoms with van der Waals surface area (Å²) < 4.78 is 42.9. The van der Waals surface area contributed by atoms with Crippen LogP contribution in [0.5, 0.6) is 0 Å². The van der Waals surface area contributed by atoms with Gasteiger partial charge in [-0.25, -0.2) is 0 Å². The Labute approximate surface area is 106 Å². The van der Waals surface area contributed by atoms with Crippen molar-refractivity contribution in [1.29, 1.82) is 0 Å². The zero-order chi connectivity index (χ0) is 13.2. The molecule has 0 aromatic carbocycles. The van der Waals surface area contributed by atoms with Crippen molar-refractivity contribution in [2.75, 3.05) is 7.11 Å². The molecule has 2 fully saturated rings. The smallest absolute Gasteiger partial charge is 0.381 e. The van der Waals surface area contributed by atoms with Crippen LogP contribution in [0, 0.1) is 5.92 Å². The first kappa shape index (κ1) is 14.1. The van der Waals surface area contributed by atoms with Crippen LogP contribution in [-0.2, 0) is 4.74 Å². The van der Waals surface area contributed by atoms with Crippen LogP contribution in [0.2, 0.25) is 0 Å². The second-order valence-electron chi connectivity index (χ2n) is 5.62. The molecule has 0 heterocycles. The number of halogens is 3. The SMILES string of the molecule is COC1CCC(NC2CCC(C(F)(F)F)CC2)C1. The Balaban J connectivity index is 1.71. The van der Waals surface area contributed by atoms with Crippen molar-refractivity contribution < 1.29 is 17.9 Å². The molecule has 0 saturated heterocycles. The molecule has 0 spiro atoms. The second-order valence-corrected chi connectivity index (χ2v) is 5.62. The van der Waals surface area contributed by atoms with Crippen molar-refractivity contribution >= 4 is 0 Å². The van der Waals surface area contributed by atoms with Crippen molar-refractivity contribution in [3.8, 4) is 0 Å². The molecule has 106 valence electrons. The fourth-order valence-corrected chi connectivity index (χ4v) is 3.23. The lowest BCUT2D eigenvalue weighted by molar-refractivity contribution is -0.182. The molecule has 0 bridgehead atoms. The zero-order valence-electron chi connectivity index (χ0n) is 10.8. The van der Waals surface area contributed by atoms with Gasteiger partial charge in [0.15, 0.2) is 0 Å². The number of nitrogens with one attached hydrogen (secondary N) is 1. The molecule has 0 radical (unpaired) electrons. The van der Waals surface area contributed by atoms with Gasteiger partial charge in [0.1, 0.15) is 0 Å². The molecular formula is C13H22F3NO. The van der Waals surface area contributed by atoms with Gasteiger partial charge in [0.25, 0.3) is 0 Å². The van der Waals surface area contributed by atoms with Gasteiger partial charge in [0.05, 0.1) is 12.0 Å². The first-order valence-electron chi connectivity index (χ1n) is 6.84. The Hall–Kier alpha value is -0.290. The highest BCUT2D eigenvalue weighted by molar-refractivity contribution is 4.87. The van der Waals surface area contributed by atoms with E-state index in [1.807, 2.05) is 0 Å². The van der Waals surface area contributed by atoms with E-state index in [9.17, 15) is 13.2 Å². The van der Waals surface area contributed by atoms with Gasteiger partial charge in [-0.05, 0) is 44.9 Å². The van der Waals surface area contributed by atoms with E-state index < -0.39 is 12.1 Å². The van der Waals surface area contributed by atoms with Gasteiger partial charge in [0, 0.05) is 19.2 Å². The number of methoxy groups -OCH3 is 1. The fourth-order valence-electron chi connectivity index (χ4n) is 3.23. The predicted molar refractivity (Wildman–Crippen MR) is 63.4 cm³/mol. The largest absolute Gasteiger partial charge is 0.391 e. The van der Waals surface area contributed by atoms with E-state index in [1.165, 1.54) is 0 Å². The zero-order valence-corrected chi connectivity index (χ0v) is 10.8. The van der Waals surface area contributed by atoms with E-state index >= 15 is 0 Å². The lowest BCUT2D eigenvalue weighted by Gasteiger charge is -2.32. The van der Waals surface area contributed by atoms with Crippen molar-refractivity contribution in [1.82, 2.24) is 5.32 Å². The van der Waals surface area contributed by atoms with Crippen LogP contribution in [0.3, 0.4) is 0 Å². The Morgan fingerprint density at radius 3 is 2.06 bits per heavy atom. The number of hydrogen-bond acceptors (Lipinski definition) is 2. The Bertz CT molecular complexity index is 261. The fraction of sp³-hybridized carbons (Fsp3) is 1.00. The summed E-state index contributed by atoms with van der Waals surface area (Å²) in [7, 11) is 1.72. The van der Waals surface area contributed by atoms with Crippen LogP contribution in [-0.4, -0.2) is 31.5 Å². The minimum atomic E-state index is -4.00. The first-order valence-corrected chi connectivity index (χ1v) is 6.84. The lowest BCUT2D eigenvalue weighted by atomic mass is 9.85. The number of alkyl halides is 3. The van der Waals surface area contributed by atoms with Gasteiger partial charge >= 0.3 is 6.18 Å². The third-order valence-corrected chi connectivity index (χ3v) is 4.38. The van der Waals surface area contributed by atoms with Crippen LogP contribution in [0.4, 0.5) is 13.2 Å². The first-order chi connectivity index (χ1) is 8.49. The summed E-state index contributed by atoms with van der Waals surface area (Å²) in [6.45, 7) is 0. The molecular weight excluding hydrogens is 243 g/mol. The molecule has 5 heteroatoms. The predicted octanol–water partition coefficient (Wildman–Crippen LogP) is 3.26. The molecule has 0 aromatic heterocycles. The van der Waals surface area contributed by atoms with E-state index in [-0.39, 0.29) is 18.9 Å². The van der Waals surface area contributed by atoms with Gasteiger partial charge in [0.2, 0.25) is 0 Å². The van der Waals surface area contributed by atoms with Crippen molar-refractivity contribution in [2.45, 2.75) is 69.3 Å². The summed E-state index contributed by atoms with van der Waals surface area (Å²) in [4.78, 5) is 0. The number of hydrogen-bond donors (Lipinski definition) is 1. The monoisotopic (exact) mass is 265 g/mol. The third-order valence-electron chi connectivity index (χ3n) is 4.38. The van der Waals surface area contributed by atoms with Crippen molar-refractivity contribution in [2.24, 2.45) is 5.92 Å². The average Bonchev–Trinajstić information content (AvgIpc) is 2.76. The second kappa shape index (κ2) is 5.78. The van der Waals surface area contributed by atoms with E-state index in [0.717, 1.165) is 19.3 Å².